The Morgan fingerprint density at radius 1 is 1.33 bits per heavy atom. The number of carbonyl (C=O) groups is 2. The van der Waals surface area contributed by atoms with Crippen molar-refractivity contribution < 1.29 is 29.6 Å². The Labute approximate surface area is 197 Å². The molecule has 2 fully saturated rings. The molecule has 3 rings (SSSR count). The molecular weight excluding hydrogens is 420 g/mol. The van der Waals surface area contributed by atoms with E-state index < -0.39 is 34.4 Å². The Kier molecular flexibility index (Phi) is 6.53. The van der Waals surface area contributed by atoms with Crippen LogP contribution in [0.25, 0.3) is 0 Å². The van der Waals surface area contributed by atoms with Crippen LogP contribution in [0.2, 0.25) is 0 Å². The molecule has 2 unspecified atom stereocenters. The van der Waals surface area contributed by atoms with Gasteiger partial charge in [0.25, 0.3) is 0 Å². The first-order chi connectivity index (χ1) is 15.1. The third-order valence-electron chi connectivity index (χ3n) is 8.28. The molecule has 6 nitrogen and oxygen atoms in total. The molecule has 6 atom stereocenters. The molecule has 6 heteroatoms. The van der Waals surface area contributed by atoms with Crippen LogP contribution in [-0.2, 0) is 14.3 Å². The number of ketones is 2. The number of Topliss-reactive ketones (excluding diaryl/α,β-unsaturated/α-hetero) is 2. The molecular formula is C27H40O6. The van der Waals surface area contributed by atoms with Crippen molar-refractivity contribution in [2.45, 2.75) is 97.9 Å². The third-order valence-corrected chi connectivity index (χ3v) is 8.28. The zero-order valence-corrected chi connectivity index (χ0v) is 21.1. The lowest BCUT2D eigenvalue weighted by atomic mass is 9.67. The fraction of sp³-hybridized carbons (Fsp3) is 0.704. The maximum absolute atomic E-state index is 13.7. The van der Waals surface area contributed by atoms with Gasteiger partial charge in [-0.15, -0.1) is 0 Å². The number of ether oxygens (including phenoxy) is 1. The minimum Gasteiger partial charge on any atom is -0.507 e. The van der Waals surface area contributed by atoms with Gasteiger partial charge in [0, 0.05) is 17.9 Å². The standard InChI is InChI=1S/C27H40O6/c1-9-15(4)21(28)20-22(29)17(12-18-16(14(2)3)10-11-27(18,8)32)24-26(7,23(20)30)13-19(33-24)25(5,6)31/h15-16,18-19,29,31-32H,2,9-13H2,1,3-8H3/t15?,16?,18-,19+,26-,27+/m0/s1. The van der Waals surface area contributed by atoms with E-state index in [2.05, 4.69) is 6.58 Å². The molecule has 0 aromatic heterocycles. The van der Waals surface area contributed by atoms with E-state index in [1.807, 2.05) is 13.8 Å². The van der Waals surface area contributed by atoms with Gasteiger partial charge in [0.05, 0.1) is 16.6 Å². The number of rotatable bonds is 7. The van der Waals surface area contributed by atoms with Crippen molar-refractivity contribution >= 4 is 11.6 Å². The number of hydrogen-bond donors (Lipinski definition) is 3. The normalized spacial score (nSPS) is 35.5. The molecule has 1 aliphatic heterocycles. The second-order valence-electron chi connectivity index (χ2n) is 11.5. The average molecular weight is 461 g/mol. The van der Waals surface area contributed by atoms with Crippen LogP contribution in [0.4, 0.5) is 0 Å². The fourth-order valence-corrected chi connectivity index (χ4v) is 5.70. The molecule has 184 valence electrons. The molecule has 0 amide bonds. The average Bonchev–Trinajstić information content (AvgIpc) is 3.22. The van der Waals surface area contributed by atoms with Gasteiger partial charge in [-0.2, -0.15) is 0 Å². The Hall–Kier alpha value is -1.92. The van der Waals surface area contributed by atoms with Crippen molar-refractivity contribution in [1.82, 2.24) is 0 Å². The van der Waals surface area contributed by atoms with Crippen LogP contribution in [0.3, 0.4) is 0 Å². The van der Waals surface area contributed by atoms with Gasteiger partial charge >= 0.3 is 0 Å². The van der Waals surface area contributed by atoms with Gasteiger partial charge in [-0.05, 0) is 72.1 Å². The Balaban J connectivity index is 2.19. The van der Waals surface area contributed by atoms with Crippen LogP contribution in [0.15, 0.2) is 34.8 Å². The van der Waals surface area contributed by atoms with E-state index in [0.29, 0.717) is 24.2 Å². The summed E-state index contributed by atoms with van der Waals surface area (Å²) in [5.74, 6) is -1.46. The topological polar surface area (TPSA) is 104 Å². The molecule has 3 aliphatic rings. The van der Waals surface area contributed by atoms with Crippen molar-refractivity contribution in [2.24, 2.45) is 23.2 Å². The van der Waals surface area contributed by atoms with Crippen molar-refractivity contribution in [3.8, 4) is 0 Å². The largest absolute Gasteiger partial charge is 0.507 e. The Morgan fingerprint density at radius 3 is 2.45 bits per heavy atom. The van der Waals surface area contributed by atoms with Crippen LogP contribution >= 0.6 is 0 Å². The molecule has 3 N–H and O–H groups in total. The van der Waals surface area contributed by atoms with Crippen molar-refractivity contribution in [2.75, 3.05) is 0 Å². The van der Waals surface area contributed by atoms with Gasteiger partial charge < -0.3 is 20.1 Å². The molecule has 0 aromatic rings. The zero-order valence-electron chi connectivity index (χ0n) is 21.1. The predicted octanol–water partition coefficient (Wildman–Crippen LogP) is 4.56. The van der Waals surface area contributed by atoms with Crippen LogP contribution in [0.5, 0.6) is 0 Å². The van der Waals surface area contributed by atoms with E-state index >= 15 is 0 Å². The second-order valence-corrected chi connectivity index (χ2v) is 11.5. The number of allylic oxidation sites excluding steroid dienone is 4. The van der Waals surface area contributed by atoms with E-state index in [-0.39, 0.29) is 41.8 Å². The first kappa shape index (κ1) is 25.7. The van der Waals surface area contributed by atoms with E-state index in [0.717, 1.165) is 12.0 Å². The van der Waals surface area contributed by atoms with Crippen molar-refractivity contribution in [1.29, 1.82) is 0 Å². The Morgan fingerprint density at radius 2 is 1.94 bits per heavy atom. The van der Waals surface area contributed by atoms with Gasteiger partial charge in [0.15, 0.2) is 11.6 Å². The van der Waals surface area contributed by atoms with Gasteiger partial charge in [-0.1, -0.05) is 26.0 Å². The van der Waals surface area contributed by atoms with Gasteiger partial charge in [-0.3, -0.25) is 9.59 Å². The van der Waals surface area contributed by atoms with Crippen molar-refractivity contribution in [3.05, 3.63) is 34.8 Å². The summed E-state index contributed by atoms with van der Waals surface area (Å²) in [6, 6.07) is 0. The minimum atomic E-state index is -1.21. The van der Waals surface area contributed by atoms with E-state index in [4.69, 9.17) is 4.74 Å². The zero-order chi connectivity index (χ0) is 25.1. The number of carbonyl (C=O) groups excluding carboxylic acids is 2. The van der Waals surface area contributed by atoms with Gasteiger partial charge in [-0.25, -0.2) is 0 Å². The fourth-order valence-electron chi connectivity index (χ4n) is 5.70. The lowest BCUT2D eigenvalue weighted by Gasteiger charge is -2.35. The molecule has 0 bridgehead atoms. The highest BCUT2D eigenvalue weighted by Gasteiger charge is 2.58. The maximum Gasteiger partial charge on any atom is 0.183 e. The molecule has 0 spiro atoms. The minimum absolute atomic E-state index is 0.0463. The second kappa shape index (κ2) is 8.38. The molecule has 1 saturated heterocycles. The predicted molar refractivity (Wildman–Crippen MR) is 126 cm³/mol. The maximum atomic E-state index is 13.7. The van der Waals surface area contributed by atoms with Crippen LogP contribution in [-0.4, -0.2) is 44.2 Å². The highest BCUT2D eigenvalue weighted by atomic mass is 16.5. The number of aliphatic hydroxyl groups is 3. The smallest absolute Gasteiger partial charge is 0.183 e. The van der Waals surface area contributed by atoms with E-state index in [9.17, 15) is 24.9 Å². The van der Waals surface area contributed by atoms with Crippen molar-refractivity contribution in [3.63, 3.8) is 0 Å². The highest BCUT2D eigenvalue weighted by Crippen LogP contribution is 2.55. The summed E-state index contributed by atoms with van der Waals surface area (Å²) in [6.45, 7) is 16.4. The number of fused-ring (bicyclic) bond motifs is 1. The molecule has 1 heterocycles. The summed E-state index contributed by atoms with van der Waals surface area (Å²) in [7, 11) is 0. The molecule has 0 radical (unpaired) electrons. The Bertz CT molecular complexity index is 931. The molecule has 2 aliphatic carbocycles. The number of aliphatic hydroxyl groups excluding tert-OH is 1. The van der Waals surface area contributed by atoms with E-state index in [1.54, 1.807) is 34.6 Å². The highest BCUT2D eigenvalue weighted by molar-refractivity contribution is 6.24. The summed E-state index contributed by atoms with van der Waals surface area (Å²) >= 11 is 0. The third kappa shape index (κ3) is 4.21. The summed E-state index contributed by atoms with van der Waals surface area (Å²) in [4.78, 5) is 26.9. The van der Waals surface area contributed by atoms with Crippen LogP contribution < -0.4 is 0 Å². The van der Waals surface area contributed by atoms with Gasteiger partial charge in [0.2, 0.25) is 0 Å². The summed E-state index contributed by atoms with van der Waals surface area (Å²) < 4.78 is 6.17. The first-order valence-corrected chi connectivity index (χ1v) is 12.1. The number of hydrogen-bond acceptors (Lipinski definition) is 6. The molecule has 1 saturated carbocycles. The van der Waals surface area contributed by atoms with Crippen LogP contribution in [0, 0.1) is 23.2 Å². The summed E-state index contributed by atoms with van der Waals surface area (Å²) in [5, 5.41) is 33.2. The lowest BCUT2D eigenvalue weighted by molar-refractivity contribution is -0.128. The van der Waals surface area contributed by atoms with E-state index in [1.165, 1.54) is 0 Å². The quantitative estimate of drug-likeness (QED) is 0.380. The monoisotopic (exact) mass is 460 g/mol. The van der Waals surface area contributed by atoms with Gasteiger partial charge in [0.1, 0.15) is 23.2 Å². The molecule has 33 heavy (non-hydrogen) atoms. The summed E-state index contributed by atoms with van der Waals surface area (Å²) in [5.41, 5.74) is -2.17. The lowest BCUT2D eigenvalue weighted by Crippen LogP contribution is -2.40. The first-order valence-electron chi connectivity index (χ1n) is 12.1. The van der Waals surface area contributed by atoms with Crippen LogP contribution in [0.1, 0.15) is 80.6 Å². The summed E-state index contributed by atoms with van der Waals surface area (Å²) in [6.07, 6.45) is 1.73. The molecule has 0 aromatic carbocycles. The SMILES string of the molecule is C=C(C)C1CC[C@@](C)(O)[C@H]1CC1=C2O[C@@H](C(C)(C)O)C[C@@]2(C)C(=O)C(C(=O)C(C)CC)=C1O.